The Morgan fingerprint density at radius 3 is 1.86 bits per heavy atom. The zero-order valence-electron chi connectivity index (χ0n) is 27.0. The first-order valence-electron chi connectivity index (χ1n) is 17.7. The molecule has 0 aromatic heterocycles. The van der Waals surface area contributed by atoms with Crippen molar-refractivity contribution in [2.75, 3.05) is 0 Å². The monoisotopic (exact) mass is 610 g/mol. The summed E-state index contributed by atoms with van der Waals surface area (Å²) in [7, 11) is 0. The molecule has 2 saturated heterocycles. The Bertz CT molecular complexity index is 803. The van der Waals surface area contributed by atoms with Crippen molar-refractivity contribution in [2.45, 2.75) is 204 Å². The number of rotatable bonds is 23. The molecule has 0 radical (unpaired) electrons. The molecule has 3 aliphatic rings. The van der Waals surface area contributed by atoms with E-state index < -0.39 is 24.4 Å². The highest BCUT2D eigenvalue weighted by atomic mass is 16.5. The number of hydrogen-bond donors (Lipinski definition) is 4. The van der Waals surface area contributed by atoms with Crippen LogP contribution in [0.15, 0.2) is 11.6 Å². The van der Waals surface area contributed by atoms with Gasteiger partial charge in [-0.2, -0.15) is 0 Å². The Morgan fingerprint density at radius 2 is 1.23 bits per heavy atom. The second kappa shape index (κ2) is 20.2. The fourth-order valence-electron chi connectivity index (χ4n) is 6.94. The summed E-state index contributed by atoms with van der Waals surface area (Å²) in [6.45, 7) is 4.06. The summed E-state index contributed by atoms with van der Waals surface area (Å²) in [6.07, 6.45) is 18.7. The molecule has 0 aromatic carbocycles. The van der Waals surface area contributed by atoms with Crippen LogP contribution >= 0.6 is 0 Å². The Labute approximate surface area is 260 Å². The predicted molar refractivity (Wildman–Crippen MR) is 168 cm³/mol. The largest absolute Gasteiger partial charge is 0.455 e. The van der Waals surface area contributed by atoms with Crippen molar-refractivity contribution >= 4 is 5.97 Å². The molecular formula is C35H62O8. The van der Waals surface area contributed by atoms with Crippen molar-refractivity contribution < 1.29 is 39.4 Å². The lowest BCUT2D eigenvalue weighted by Crippen LogP contribution is -2.33. The summed E-state index contributed by atoms with van der Waals surface area (Å²) in [4.78, 5) is 11.7. The van der Waals surface area contributed by atoms with Gasteiger partial charge >= 0.3 is 5.97 Å². The zero-order valence-corrected chi connectivity index (χ0v) is 27.0. The molecule has 9 atom stereocenters. The third-order valence-electron chi connectivity index (χ3n) is 9.63. The van der Waals surface area contributed by atoms with Gasteiger partial charge in [0.25, 0.3) is 0 Å². The van der Waals surface area contributed by atoms with E-state index in [1.165, 1.54) is 38.5 Å². The lowest BCUT2D eigenvalue weighted by molar-refractivity contribution is -0.139. The first-order chi connectivity index (χ1) is 20.8. The molecule has 0 bridgehead atoms. The topological polar surface area (TPSA) is 126 Å². The van der Waals surface area contributed by atoms with E-state index in [2.05, 4.69) is 6.92 Å². The number of ether oxygens (including phenoxy) is 3. The van der Waals surface area contributed by atoms with Crippen LogP contribution in [0.2, 0.25) is 0 Å². The van der Waals surface area contributed by atoms with Crippen LogP contribution in [0.4, 0.5) is 0 Å². The fraction of sp³-hybridized carbons (Fsp3) is 0.914. The van der Waals surface area contributed by atoms with Crippen LogP contribution in [0, 0.1) is 0 Å². The van der Waals surface area contributed by atoms with E-state index in [0.717, 1.165) is 70.6 Å². The minimum Gasteiger partial charge on any atom is -0.455 e. The number of aliphatic hydroxyl groups is 4. The van der Waals surface area contributed by atoms with Gasteiger partial charge < -0.3 is 34.6 Å². The molecule has 0 amide bonds. The highest BCUT2D eigenvalue weighted by Gasteiger charge is 2.36. The quantitative estimate of drug-likeness (QED) is 0.0814. The van der Waals surface area contributed by atoms with Gasteiger partial charge in [0, 0.05) is 12.0 Å². The minimum absolute atomic E-state index is 0.149. The molecule has 43 heavy (non-hydrogen) atoms. The number of carbonyl (C=O) groups excluding carboxylic acids is 1. The van der Waals surface area contributed by atoms with Gasteiger partial charge in [-0.3, -0.25) is 0 Å². The second-order valence-corrected chi connectivity index (χ2v) is 13.5. The molecule has 2 fully saturated rings. The molecule has 0 unspecified atom stereocenters. The van der Waals surface area contributed by atoms with Gasteiger partial charge in [0.15, 0.2) is 0 Å². The molecule has 250 valence electrons. The van der Waals surface area contributed by atoms with E-state index >= 15 is 0 Å². The van der Waals surface area contributed by atoms with E-state index in [9.17, 15) is 25.2 Å². The lowest BCUT2D eigenvalue weighted by Gasteiger charge is -2.24. The first kappa shape index (κ1) is 36.4. The molecule has 3 aliphatic heterocycles. The van der Waals surface area contributed by atoms with Crippen LogP contribution in [0.5, 0.6) is 0 Å². The normalized spacial score (nSPS) is 28.6. The molecule has 8 heteroatoms. The van der Waals surface area contributed by atoms with E-state index in [1.54, 1.807) is 6.08 Å². The third-order valence-corrected chi connectivity index (χ3v) is 9.63. The van der Waals surface area contributed by atoms with Gasteiger partial charge in [-0.25, -0.2) is 4.79 Å². The average Bonchev–Trinajstić information content (AvgIpc) is 3.73. The summed E-state index contributed by atoms with van der Waals surface area (Å²) < 4.78 is 17.3. The van der Waals surface area contributed by atoms with Gasteiger partial charge in [0.1, 0.15) is 6.10 Å². The average molecular weight is 611 g/mol. The van der Waals surface area contributed by atoms with Crippen LogP contribution in [0.3, 0.4) is 0 Å². The molecule has 0 aromatic rings. The van der Waals surface area contributed by atoms with E-state index in [0.29, 0.717) is 31.3 Å². The molecule has 3 rings (SSSR count). The van der Waals surface area contributed by atoms with Gasteiger partial charge in [0.05, 0.1) is 48.8 Å². The van der Waals surface area contributed by atoms with Crippen LogP contribution < -0.4 is 0 Å². The highest BCUT2D eigenvalue weighted by molar-refractivity contribution is 5.90. The molecule has 3 heterocycles. The Morgan fingerprint density at radius 1 is 0.698 bits per heavy atom. The Balaban J connectivity index is 1.19. The number of carbonyl (C=O) groups is 1. The van der Waals surface area contributed by atoms with Crippen LogP contribution in [-0.2, 0) is 19.0 Å². The summed E-state index contributed by atoms with van der Waals surface area (Å²) in [6, 6.07) is 0. The maximum Gasteiger partial charge on any atom is 0.334 e. The highest BCUT2D eigenvalue weighted by Crippen LogP contribution is 2.31. The molecule has 8 nitrogen and oxygen atoms in total. The Kier molecular flexibility index (Phi) is 17.1. The summed E-state index contributed by atoms with van der Waals surface area (Å²) in [5.41, 5.74) is 0.583. The molecular weight excluding hydrogens is 548 g/mol. The van der Waals surface area contributed by atoms with Crippen LogP contribution in [-0.4, -0.2) is 81.3 Å². The fourth-order valence-corrected chi connectivity index (χ4v) is 6.94. The number of aliphatic hydroxyl groups excluding tert-OH is 4. The summed E-state index contributed by atoms with van der Waals surface area (Å²) in [5, 5.41) is 42.3. The van der Waals surface area contributed by atoms with Crippen LogP contribution in [0.25, 0.3) is 0 Å². The van der Waals surface area contributed by atoms with E-state index in [-0.39, 0.29) is 36.5 Å². The standard InChI is InChI=1S/C35H62O8/c1-3-4-5-6-7-8-9-13-16-29(37)33-21-22-34(43-33)31(39)19-18-30(38)32-20-17-28(42-32)15-12-10-11-14-27(36)24-26-23-25(2)41-35(26)40/h23,25,27-34,36-39H,3-22,24H2,1-2H3/t25-,27+,28+,29-,30-,31+,32-,33+,34+/m0/s1. The number of hydrogen-bond acceptors (Lipinski definition) is 8. The lowest BCUT2D eigenvalue weighted by atomic mass is 9.98. The smallest absolute Gasteiger partial charge is 0.334 e. The van der Waals surface area contributed by atoms with E-state index in [4.69, 9.17) is 14.2 Å². The van der Waals surface area contributed by atoms with Crippen molar-refractivity contribution in [2.24, 2.45) is 0 Å². The number of esters is 1. The van der Waals surface area contributed by atoms with Crippen molar-refractivity contribution in [3.8, 4) is 0 Å². The van der Waals surface area contributed by atoms with Gasteiger partial charge in [-0.1, -0.05) is 77.6 Å². The van der Waals surface area contributed by atoms with Crippen molar-refractivity contribution in [1.29, 1.82) is 0 Å². The van der Waals surface area contributed by atoms with Crippen molar-refractivity contribution in [3.63, 3.8) is 0 Å². The first-order valence-corrected chi connectivity index (χ1v) is 17.7. The molecule has 0 saturated carbocycles. The van der Waals surface area contributed by atoms with Gasteiger partial charge in [-0.15, -0.1) is 0 Å². The maximum absolute atomic E-state index is 11.7. The molecule has 4 N–H and O–H groups in total. The minimum atomic E-state index is -0.637. The second-order valence-electron chi connectivity index (χ2n) is 13.5. The van der Waals surface area contributed by atoms with Gasteiger partial charge in [0.2, 0.25) is 0 Å². The van der Waals surface area contributed by atoms with Gasteiger partial charge in [-0.05, 0) is 70.8 Å². The van der Waals surface area contributed by atoms with Crippen LogP contribution in [0.1, 0.15) is 149 Å². The maximum atomic E-state index is 11.7. The van der Waals surface area contributed by atoms with E-state index in [1.807, 2.05) is 6.92 Å². The summed E-state index contributed by atoms with van der Waals surface area (Å²) >= 11 is 0. The number of cyclic esters (lactones) is 1. The predicted octanol–water partition coefficient (Wildman–Crippen LogP) is 6.05. The third kappa shape index (κ3) is 13.5. The van der Waals surface area contributed by atoms with Crippen molar-refractivity contribution in [1.82, 2.24) is 0 Å². The van der Waals surface area contributed by atoms with Crippen molar-refractivity contribution in [3.05, 3.63) is 11.6 Å². The summed E-state index contributed by atoms with van der Waals surface area (Å²) in [5.74, 6) is -0.309. The SMILES string of the molecule is CCCCCCCCCC[C@H](O)[C@H]1CC[C@H]([C@H](O)CC[C@H](O)[C@@H]2CC[C@@H](CCCCC[C@@H](O)CC3=C[C@H](C)OC3=O)O2)O1. The Hall–Kier alpha value is -1.03. The zero-order chi connectivity index (χ0) is 31.0. The molecule has 0 aliphatic carbocycles. The molecule has 0 spiro atoms. The number of unbranched alkanes of at least 4 members (excludes halogenated alkanes) is 9.